The molecule has 0 N–H and O–H groups in total. The third kappa shape index (κ3) is 3.11. The first-order valence-corrected chi connectivity index (χ1v) is 3.99. The summed E-state index contributed by atoms with van der Waals surface area (Å²) in [5, 5.41) is 0.560. The summed E-state index contributed by atoms with van der Waals surface area (Å²) in [6, 6.07) is 8.07. The van der Waals surface area contributed by atoms with E-state index in [1.54, 1.807) is 19.2 Å². The fourth-order valence-corrected chi connectivity index (χ4v) is 0.921. The summed E-state index contributed by atoms with van der Waals surface area (Å²) in [6.07, 6.45) is 0. The van der Waals surface area contributed by atoms with Gasteiger partial charge in [-0.05, 0) is 18.2 Å². The van der Waals surface area contributed by atoms with Crippen molar-refractivity contribution in [2.24, 2.45) is 0 Å². The molecule has 0 aliphatic carbocycles. The Bertz CT molecular complexity index is 238. The minimum absolute atomic E-state index is 0.539. The molecule has 0 fully saturated rings. The first kappa shape index (κ1) is 9.36. The number of hydrogen-bond acceptors (Lipinski definition) is 2. The van der Waals surface area contributed by atoms with Crippen LogP contribution in [0.4, 0.5) is 0 Å². The van der Waals surface area contributed by atoms with Crippen molar-refractivity contribution in [1.82, 2.24) is 0 Å². The third-order valence-electron chi connectivity index (χ3n) is 1.29. The Morgan fingerprint density at radius 1 is 1.50 bits per heavy atom. The van der Waals surface area contributed by atoms with E-state index in [-0.39, 0.29) is 0 Å². The molecular formula is C9H10ClO2. The van der Waals surface area contributed by atoms with Crippen LogP contribution >= 0.6 is 11.6 Å². The zero-order valence-electron chi connectivity index (χ0n) is 6.84. The molecule has 12 heavy (non-hydrogen) atoms. The number of hydrogen-bond donors (Lipinski definition) is 0. The Morgan fingerprint density at radius 3 is 3.00 bits per heavy atom. The molecule has 0 heterocycles. The van der Waals surface area contributed by atoms with Gasteiger partial charge in [0.25, 0.3) is 0 Å². The Hall–Kier alpha value is -0.730. The summed E-state index contributed by atoms with van der Waals surface area (Å²) < 4.78 is 10.1. The van der Waals surface area contributed by atoms with Crippen molar-refractivity contribution in [3.8, 4) is 5.75 Å². The van der Waals surface area contributed by atoms with Crippen molar-refractivity contribution >= 4 is 11.6 Å². The highest BCUT2D eigenvalue weighted by Crippen LogP contribution is 2.16. The summed E-state index contributed by atoms with van der Waals surface area (Å²) in [4.78, 5) is 0. The molecule has 1 rings (SSSR count). The van der Waals surface area contributed by atoms with Crippen molar-refractivity contribution in [1.29, 1.82) is 0 Å². The van der Waals surface area contributed by atoms with Gasteiger partial charge in [0.05, 0.1) is 11.6 Å². The molecule has 0 bridgehead atoms. The van der Waals surface area contributed by atoms with Crippen molar-refractivity contribution in [2.45, 2.75) is 0 Å². The van der Waals surface area contributed by atoms with Gasteiger partial charge < -0.3 is 9.47 Å². The number of halogens is 1. The van der Waals surface area contributed by atoms with E-state index in [1.165, 1.54) is 0 Å². The summed E-state index contributed by atoms with van der Waals surface area (Å²) in [7, 11) is 1.63. The van der Waals surface area contributed by atoms with Crippen LogP contribution in [0.15, 0.2) is 18.2 Å². The van der Waals surface area contributed by atoms with Gasteiger partial charge in [-0.25, -0.2) is 0 Å². The number of ether oxygens (including phenoxy) is 2. The standard InChI is InChI=1S/C9H10ClO2/c1-11-5-6-12-9-4-2-3-8(10)7-9/h2,4,7H,5-6H2,1H3. The molecule has 2 nitrogen and oxygen atoms in total. The van der Waals surface area contributed by atoms with Crippen LogP contribution in [0, 0.1) is 6.07 Å². The lowest BCUT2D eigenvalue weighted by atomic mass is 10.3. The average Bonchev–Trinajstić information content (AvgIpc) is 2.05. The van der Waals surface area contributed by atoms with E-state index in [4.69, 9.17) is 21.1 Å². The summed E-state index contributed by atoms with van der Waals surface area (Å²) in [5.41, 5.74) is 0. The summed E-state index contributed by atoms with van der Waals surface area (Å²) in [6.45, 7) is 1.12. The highest BCUT2D eigenvalue weighted by atomic mass is 35.5. The van der Waals surface area contributed by atoms with E-state index in [9.17, 15) is 0 Å². The molecule has 0 atom stereocenters. The van der Waals surface area contributed by atoms with Crippen LogP contribution in [-0.2, 0) is 4.74 Å². The minimum atomic E-state index is 0.539. The van der Waals surface area contributed by atoms with Gasteiger partial charge in [-0.1, -0.05) is 11.6 Å². The van der Waals surface area contributed by atoms with Crippen LogP contribution in [0.1, 0.15) is 0 Å². The zero-order chi connectivity index (χ0) is 8.81. The predicted molar refractivity (Wildman–Crippen MR) is 47.7 cm³/mol. The van der Waals surface area contributed by atoms with Gasteiger partial charge in [0, 0.05) is 13.2 Å². The lowest BCUT2D eigenvalue weighted by Crippen LogP contribution is -2.03. The lowest BCUT2D eigenvalue weighted by Gasteiger charge is -2.04. The van der Waals surface area contributed by atoms with Crippen LogP contribution < -0.4 is 4.74 Å². The zero-order valence-corrected chi connectivity index (χ0v) is 7.60. The van der Waals surface area contributed by atoms with Gasteiger partial charge in [0.15, 0.2) is 0 Å². The van der Waals surface area contributed by atoms with Gasteiger partial charge in [0.1, 0.15) is 12.4 Å². The fraction of sp³-hybridized carbons (Fsp3) is 0.333. The molecule has 0 saturated heterocycles. The van der Waals surface area contributed by atoms with E-state index in [1.807, 2.05) is 6.07 Å². The molecule has 0 spiro atoms. The van der Waals surface area contributed by atoms with Crippen LogP contribution in [0.3, 0.4) is 0 Å². The van der Waals surface area contributed by atoms with Gasteiger partial charge >= 0.3 is 0 Å². The Labute approximate surface area is 77.1 Å². The molecule has 1 aromatic rings. The second-order valence-electron chi connectivity index (χ2n) is 2.21. The molecule has 0 unspecified atom stereocenters. The largest absolute Gasteiger partial charge is 0.491 e. The quantitative estimate of drug-likeness (QED) is 0.670. The van der Waals surface area contributed by atoms with Gasteiger partial charge in [-0.3, -0.25) is 0 Å². The van der Waals surface area contributed by atoms with Crippen molar-refractivity contribution < 1.29 is 9.47 Å². The lowest BCUT2D eigenvalue weighted by molar-refractivity contribution is 0.146. The highest BCUT2D eigenvalue weighted by Gasteiger charge is 1.93. The first-order valence-electron chi connectivity index (χ1n) is 3.62. The van der Waals surface area contributed by atoms with Gasteiger partial charge in [0.2, 0.25) is 0 Å². The minimum Gasteiger partial charge on any atom is -0.491 e. The monoisotopic (exact) mass is 185 g/mol. The van der Waals surface area contributed by atoms with Crippen LogP contribution in [-0.4, -0.2) is 20.3 Å². The highest BCUT2D eigenvalue weighted by molar-refractivity contribution is 6.30. The Balaban J connectivity index is 2.41. The number of methoxy groups -OCH3 is 1. The Morgan fingerprint density at radius 2 is 2.33 bits per heavy atom. The summed E-state index contributed by atoms with van der Waals surface area (Å²) in [5.74, 6) is 0.746. The maximum Gasteiger partial charge on any atom is 0.120 e. The smallest absolute Gasteiger partial charge is 0.120 e. The molecule has 1 radical (unpaired) electrons. The maximum absolute atomic E-state index is 5.69. The second-order valence-corrected chi connectivity index (χ2v) is 2.62. The van der Waals surface area contributed by atoms with Gasteiger partial charge in [-0.15, -0.1) is 0 Å². The van der Waals surface area contributed by atoms with E-state index in [0.717, 1.165) is 5.75 Å². The molecule has 0 aliphatic rings. The van der Waals surface area contributed by atoms with Crippen molar-refractivity contribution in [3.05, 3.63) is 29.3 Å². The molecule has 0 amide bonds. The van der Waals surface area contributed by atoms with Crippen LogP contribution in [0.2, 0.25) is 5.02 Å². The first-order chi connectivity index (χ1) is 5.83. The van der Waals surface area contributed by atoms with E-state index < -0.39 is 0 Å². The average molecular weight is 186 g/mol. The normalized spacial score (nSPS) is 9.83. The fourth-order valence-electron chi connectivity index (χ4n) is 0.751. The molecule has 3 heteroatoms. The van der Waals surface area contributed by atoms with Gasteiger partial charge in [-0.2, -0.15) is 0 Å². The molecule has 1 aromatic carbocycles. The van der Waals surface area contributed by atoms with Crippen molar-refractivity contribution in [3.63, 3.8) is 0 Å². The van der Waals surface area contributed by atoms with E-state index >= 15 is 0 Å². The molecule has 0 aromatic heterocycles. The topological polar surface area (TPSA) is 18.5 Å². The molecular weight excluding hydrogens is 176 g/mol. The van der Waals surface area contributed by atoms with Crippen molar-refractivity contribution in [2.75, 3.05) is 20.3 Å². The molecule has 0 saturated carbocycles. The predicted octanol–water partition coefficient (Wildman–Crippen LogP) is 2.17. The molecule has 0 aliphatic heterocycles. The Kier molecular flexibility index (Phi) is 3.91. The number of benzene rings is 1. The van der Waals surface area contributed by atoms with Crippen LogP contribution in [0.25, 0.3) is 0 Å². The SMILES string of the molecule is COCCOc1cc[c]c(Cl)c1. The molecule has 65 valence electrons. The maximum atomic E-state index is 5.69. The van der Waals surface area contributed by atoms with Crippen LogP contribution in [0.5, 0.6) is 5.75 Å². The van der Waals surface area contributed by atoms with E-state index in [0.29, 0.717) is 18.2 Å². The number of rotatable bonds is 4. The van der Waals surface area contributed by atoms with E-state index in [2.05, 4.69) is 6.07 Å². The summed E-state index contributed by atoms with van der Waals surface area (Å²) >= 11 is 5.69. The third-order valence-corrected chi connectivity index (χ3v) is 1.51. The second kappa shape index (κ2) is 5.01.